The van der Waals surface area contributed by atoms with Crippen LogP contribution in [0.1, 0.15) is 18.9 Å². The van der Waals surface area contributed by atoms with Crippen molar-refractivity contribution in [1.29, 1.82) is 0 Å². The van der Waals surface area contributed by atoms with Crippen LogP contribution in [0, 0.1) is 0 Å². The number of nitrogens with zero attached hydrogens (tertiary/aromatic N) is 1. The van der Waals surface area contributed by atoms with Crippen LogP contribution in [-0.4, -0.2) is 19.2 Å². The third-order valence-electron chi connectivity index (χ3n) is 2.95. The fourth-order valence-electron chi connectivity index (χ4n) is 2.03. The van der Waals surface area contributed by atoms with Gasteiger partial charge in [-0.25, -0.2) is 4.98 Å². The fourth-order valence-corrected chi connectivity index (χ4v) is 2.03. The molecule has 0 aliphatic carbocycles. The van der Waals surface area contributed by atoms with Crippen LogP contribution < -0.4 is 15.2 Å². The lowest BCUT2D eigenvalue weighted by molar-refractivity contribution is 0.356. The summed E-state index contributed by atoms with van der Waals surface area (Å²) >= 11 is 0. The normalized spacial score (nSPS) is 10.6. The number of aromatic nitrogens is 1. The molecule has 0 saturated heterocycles. The van der Waals surface area contributed by atoms with Crippen molar-refractivity contribution in [2.75, 3.05) is 20.0 Å². The van der Waals surface area contributed by atoms with Crippen LogP contribution >= 0.6 is 0 Å². The Balaban J connectivity index is 2.62. The molecule has 0 radical (unpaired) electrons. The second-order valence-electron chi connectivity index (χ2n) is 4.18. The quantitative estimate of drug-likeness (QED) is 0.901. The molecule has 2 aromatic rings. The lowest BCUT2D eigenvalue weighted by atomic mass is 10.1. The van der Waals surface area contributed by atoms with E-state index in [9.17, 15) is 0 Å². The van der Waals surface area contributed by atoms with E-state index in [0.717, 1.165) is 29.3 Å². The van der Waals surface area contributed by atoms with Crippen molar-refractivity contribution in [3.05, 3.63) is 23.8 Å². The number of hydrogen-bond donors (Lipinski definition) is 1. The van der Waals surface area contributed by atoms with Gasteiger partial charge in [0.05, 0.1) is 19.7 Å². The molecule has 0 atom stereocenters. The highest BCUT2D eigenvalue weighted by Crippen LogP contribution is 2.32. The van der Waals surface area contributed by atoms with E-state index in [1.165, 1.54) is 0 Å². The van der Waals surface area contributed by atoms with Gasteiger partial charge in [-0.1, -0.05) is 13.3 Å². The van der Waals surface area contributed by atoms with Gasteiger partial charge in [0.1, 0.15) is 5.82 Å². The van der Waals surface area contributed by atoms with Gasteiger partial charge in [-0.05, 0) is 24.1 Å². The molecule has 1 aromatic heterocycles. The van der Waals surface area contributed by atoms with Crippen LogP contribution in [0.3, 0.4) is 0 Å². The summed E-state index contributed by atoms with van der Waals surface area (Å²) in [6.07, 6.45) is 1.98. The average molecular weight is 246 g/mol. The number of hydrogen-bond acceptors (Lipinski definition) is 4. The second kappa shape index (κ2) is 5.12. The number of fused-ring (bicyclic) bond motifs is 1. The van der Waals surface area contributed by atoms with Gasteiger partial charge < -0.3 is 15.2 Å². The first-order chi connectivity index (χ1) is 8.69. The zero-order valence-corrected chi connectivity index (χ0v) is 11.0. The van der Waals surface area contributed by atoms with E-state index in [4.69, 9.17) is 15.2 Å². The topological polar surface area (TPSA) is 57.4 Å². The molecule has 1 aromatic carbocycles. The number of benzene rings is 1. The Morgan fingerprint density at radius 3 is 2.39 bits per heavy atom. The number of rotatable bonds is 4. The molecule has 2 rings (SSSR count). The number of methoxy groups -OCH3 is 2. The van der Waals surface area contributed by atoms with Gasteiger partial charge in [0.15, 0.2) is 11.5 Å². The van der Waals surface area contributed by atoms with Gasteiger partial charge in [0.2, 0.25) is 0 Å². The largest absolute Gasteiger partial charge is 0.493 e. The SMILES string of the molecule is CCCc1cc2cc(OC)c(OC)cc2nc1N. The highest BCUT2D eigenvalue weighted by molar-refractivity contribution is 5.85. The number of nitrogens with two attached hydrogens (primary N) is 1. The van der Waals surface area contributed by atoms with Crippen LogP contribution in [0.25, 0.3) is 10.9 Å². The summed E-state index contributed by atoms with van der Waals surface area (Å²) in [5, 5.41) is 1.02. The first kappa shape index (κ1) is 12.5. The molecule has 0 aliphatic rings. The predicted octanol–water partition coefficient (Wildman–Crippen LogP) is 2.79. The first-order valence-electron chi connectivity index (χ1n) is 6.00. The molecule has 1 heterocycles. The zero-order chi connectivity index (χ0) is 13.1. The van der Waals surface area contributed by atoms with Gasteiger partial charge in [0, 0.05) is 11.5 Å². The maximum Gasteiger partial charge on any atom is 0.162 e. The van der Waals surface area contributed by atoms with Gasteiger partial charge in [-0.2, -0.15) is 0 Å². The minimum atomic E-state index is 0.594. The van der Waals surface area contributed by atoms with Crippen molar-refractivity contribution >= 4 is 16.7 Å². The Kier molecular flexibility index (Phi) is 3.55. The number of aryl methyl sites for hydroxylation is 1. The smallest absolute Gasteiger partial charge is 0.162 e. The van der Waals surface area contributed by atoms with E-state index >= 15 is 0 Å². The molecule has 0 spiro atoms. The minimum Gasteiger partial charge on any atom is -0.493 e. The standard InChI is InChI=1S/C14H18N2O2/c1-4-5-9-6-10-7-12(17-2)13(18-3)8-11(10)16-14(9)15/h6-8H,4-5H2,1-3H3,(H2,15,16). The summed E-state index contributed by atoms with van der Waals surface area (Å²) < 4.78 is 10.5. The monoisotopic (exact) mass is 246 g/mol. The van der Waals surface area contributed by atoms with Crippen LogP contribution in [0.4, 0.5) is 5.82 Å². The summed E-state index contributed by atoms with van der Waals surface area (Å²) in [5.74, 6) is 1.97. The predicted molar refractivity (Wildman–Crippen MR) is 73.3 cm³/mol. The minimum absolute atomic E-state index is 0.594. The molecule has 4 heteroatoms. The average Bonchev–Trinajstić information content (AvgIpc) is 2.38. The van der Waals surface area contributed by atoms with E-state index in [1.807, 2.05) is 12.1 Å². The molecule has 0 unspecified atom stereocenters. The Morgan fingerprint density at radius 2 is 1.78 bits per heavy atom. The van der Waals surface area contributed by atoms with Gasteiger partial charge >= 0.3 is 0 Å². The van der Waals surface area contributed by atoms with E-state index in [-0.39, 0.29) is 0 Å². The summed E-state index contributed by atoms with van der Waals surface area (Å²) in [6, 6.07) is 5.85. The lowest BCUT2D eigenvalue weighted by Gasteiger charge is -2.11. The van der Waals surface area contributed by atoms with Crippen LogP contribution in [0.5, 0.6) is 11.5 Å². The fraction of sp³-hybridized carbons (Fsp3) is 0.357. The van der Waals surface area contributed by atoms with Crippen molar-refractivity contribution in [2.45, 2.75) is 19.8 Å². The highest BCUT2D eigenvalue weighted by atomic mass is 16.5. The molecule has 0 bridgehead atoms. The van der Waals surface area contributed by atoms with Crippen molar-refractivity contribution in [2.24, 2.45) is 0 Å². The van der Waals surface area contributed by atoms with Crippen LogP contribution in [-0.2, 0) is 6.42 Å². The second-order valence-corrected chi connectivity index (χ2v) is 4.18. The first-order valence-corrected chi connectivity index (χ1v) is 6.00. The number of pyridine rings is 1. The van der Waals surface area contributed by atoms with Crippen molar-refractivity contribution in [1.82, 2.24) is 4.98 Å². The molecule has 18 heavy (non-hydrogen) atoms. The number of ether oxygens (including phenoxy) is 2. The maximum atomic E-state index is 5.95. The summed E-state index contributed by atoms with van der Waals surface area (Å²) in [6.45, 7) is 2.12. The summed E-state index contributed by atoms with van der Waals surface area (Å²) in [4.78, 5) is 4.42. The zero-order valence-electron chi connectivity index (χ0n) is 11.0. The molecule has 0 aliphatic heterocycles. The third kappa shape index (κ3) is 2.18. The number of nitrogen functional groups attached to an aromatic ring is 1. The molecular weight excluding hydrogens is 228 g/mol. The molecule has 96 valence electrons. The Hall–Kier alpha value is -1.97. The lowest BCUT2D eigenvalue weighted by Crippen LogP contribution is -1.99. The van der Waals surface area contributed by atoms with Gasteiger partial charge in [0.25, 0.3) is 0 Å². The van der Waals surface area contributed by atoms with Crippen LogP contribution in [0.15, 0.2) is 18.2 Å². The molecular formula is C14H18N2O2. The van der Waals surface area contributed by atoms with Crippen molar-refractivity contribution in [3.8, 4) is 11.5 Å². The van der Waals surface area contributed by atoms with E-state index in [2.05, 4.69) is 18.0 Å². The molecule has 2 N–H and O–H groups in total. The van der Waals surface area contributed by atoms with E-state index in [0.29, 0.717) is 17.3 Å². The number of anilines is 1. The molecule has 4 nitrogen and oxygen atoms in total. The summed E-state index contributed by atoms with van der Waals surface area (Å²) in [5.41, 5.74) is 7.86. The van der Waals surface area contributed by atoms with Gasteiger partial charge in [-0.3, -0.25) is 0 Å². The van der Waals surface area contributed by atoms with Gasteiger partial charge in [-0.15, -0.1) is 0 Å². The van der Waals surface area contributed by atoms with Crippen molar-refractivity contribution in [3.63, 3.8) is 0 Å². The molecule has 0 amide bonds. The third-order valence-corrected chi connectivity index (χ3v) is 2.95. The molecule has 0 saturated carbocycles. The van der Waals surface area contributed by atoms with E-state index < -0.39 is 0 Å². The molecule has 0 fully saturated rings. The highest BCUT2D eigenvalue weighted by Gasteiger charge is 2.09. The summed E-state index contributed by atoms with van der Waals surface area (Å²) in [7, 11) is 3.24. The Labute approximate surface area is 107 Å². The van der Waals surface area contributed by atoms with Crippen molar-refractivity contribution < 1.29 is 9.47 Å². The Bertz CT molecular complexity index is 567. The van der Waals surface area contributed by atoms with Crippen LogP contribution in [0.2, 0.25) is 0 Å². The maximum absolute atomic E-state index is 5.95. The Morgan fingerprint density at radius 1 is 1.11 bits per heavy atom. The van der Waals surface area contributed by atoms with E-state index in [1.54, 1.807) is 14.2 Å².